The summed E-state index contributed by atoms with van der Waals surface area (Å²) < 4.78 is 27.8. The maximum atomic E-state index is 13.0. The van der Waals surface area contributed by atoms with Gasteiger partial charge in [-0.2, -0.15) is 0 Å². The van der Waals surface area contributed by atoms with Gasteiger partial charge in [0.1, 0.15) is 11.7 Å². The second-order valence-electron chi connectivity index (χ2n) is 10.2. The number of rotatable bonds is 10. The molecule has 0 aromatic heterocycles. The number of hydrogen-bond acceptors (Lipinski definition) is 8. The summed E-state index contributed by atoms with van der Waals surface area (Å²) in [7, 11) is 0. The van der Waals surface area contributed by atoms with Crippen LogP contribution in [0.4, 0.5) is 15.3 Å². The minimum absolute atomic E-state index is 0.0492. The fraction of sp³-hybridized carbons (Fsp3) is 0.367. The van der Waals surface area contributed by atoms with Gasteiger partial charge in [0.2, 0.25) is 12.5 Å². The third kappa shape index (κ3) is 8.02. The summed E-state index contributed by atoms with van der Waals surface area (Å²) in [4.78, 5) is 37.8. The molecule has 10 heteroatoms. The highest BCUT2D eigenvalue weighted by Gasteiger charge is 2.38. The van der Waals surface area contributed by atoms with Gasteiger partial charge in [0.05, 0.1) is 6.04 Å². The molecule has 10 nitrogen and oxygen atoms in total. The number of hydrogen-bond donors (Lipinski definition) is 2. The fourth-order valence-electron chi connectivity index (χ4n) is 4.29. The van der Waals surface area contributed by atoms with Crippen LogP contribution in [0.15, 0.2) is 67.8 Å². The standard InChI is InChI=1S/C30H36N2O8/c1-8-18(3)25(20-15-23-27(37-17-36-23)24(16-20)38-19(4)33)26(32-29(35)40-30(5,6)7)22(9-2)39-28(34)31-21-13-11-10-12-14-21/h8-16,18,22,25-26H,1-2,17H2,3-7H3,(H,31,34)(H,32,35)/t18-,22+,25+,26-/m0/s1. The van der Waals surface area contributed by atoms with E-state index in [1.54, 1.807) is 63.2 Å². The predicted molar refractivity (Wildman–Crippen MR) is 150 cm³/mol. The van der Waals surface area contributed by atoms with E-state index >= 15 is 0 Å². The number of amides is 2. The summed E-state index contributed by atoms with van der Waals surface area (Å²) in [6.07, 6.45) is 0.637. The molecule has 4 atom stereocenters. The van der Waals surface area contributed by atoms with Gasteiger partial charge in [-0.25, -0.2) is 9.59 Å². The Morgan fingerprint density at radius 3 is 2.33 bits per heavy atom. The molecule has 0 saturated carbocycles. The molecule has 0 aliphatic carbocycles. The van der Waals surface area contributed by atoms with Crippen LogP contribution in [-0.2, 0) is 14.3 Å². The number of carbonyl (C=O) groups excluding carboxylic acids is 3. The first-order valence-corrected chi connectivity index (χ1v) is 12.8. The van der Waals surface area contributed by atoms with Crippen molar-refractivity contribution >= 4 is 23.8 Å². The van der Waals surface area contributed by atoms with Crippen LogP contribution in [0.5, 0.6) is 17.2 Å². The van der Waals surface area contributed by atoms with Crippen LogP contribution in [-0.4, -0.2) is 42.7 Å². The quantitative estimate of drug-likeness (QED) is 0.211. The molecule has 3 rings (SSSR count). The molecule has 0 fully saturated rings. The van der Waals surface area contributed by atoms with E-state index in [2.05, 4.69) is 23.8 Å². The van der Waals surface area contributed by atoms with E-state index in [0.29, 0.717) is 22.7 Å². The van der Waals surface area contributed by atoms with Crippen molar-refractivity contribution in [3.05, 3.63) is 73.3 Å². The minimum Gasteiger partial charge on any atom is -0.453 e. The van der Waals surface area contributed by atoms with Gasteiger partial charge in [-0.3, -0.25) is 10.1 Å². The second kappa shape index (κ2) is 13.1. The third-order valence-electron chi connectivity index (χ3n) is 5.96. The second-order valence-corrected chi connectivity index (χ2v) is 10.2. The molecular formula is C30H36N2O8. The van der Waals surface area contributed by atoms with E-state index in [0.717, 1.165) is 0 Å². The summed E-state index contributed by atoms with van der Waals surface area (Å²) >= 11 is 0. The Morgan fingerprint density at radius 1 is 1.02 bits per heavy atom. The lowest BCUT2D eigenvalue weighted by atomic mass is 9.79. The molecular weight excluding hydrogens is 516 g/mol. The van der Waals surface area contributed by atoms with E-state index in [-0.39, 0.29) is 18.5 Å². The first-order chi connectivity index (χ1) is 18.9. The first-order valence-electron chi connectivity index (χ1n) is 12.8. The highest BCUT2D eigenvalue weighted by Crippen LogP contribution is 2.45. The molecule has 0 unspecified atom stereocenters. The molecule has 1 heterocycles. The number of benzene rings is 2. The van der Waals surface area contributed by atoms with E-state index < -0.39 is 41.8 Å². The van der Waals surface area contributed by atoms with Gasteiger partial charge in [0.25, 0.3) is 0 Å². The Kier molecular flexibility index (Phi) is 9.82. The van der Waals surface area contributed by atoms with Gasteiger partial charge in [0.15, 0.2) is 11.5 Å². The SMILES string of the molecule is C=C[C@H](C)[C@H](c1cc2c(c(OC(C)=O)c1)OCO2)[C@@H](NC(=O)OC(C)(C)C)[C@@H](C=C)OC(=O)Nc1ccccc1. The number of alkyl carbamates (subject to hydrolysis) is 1. The minimum atomic E-state index is -1.02. The zero-order chi connectivity index (χ0) is 29.4. The van der Waals surface area contributed by atoms with Gasteiger partial charge in [0, 0.05) is 18.5 Å². The van der Waals surface area contributed by atoms with E-state index in [1.807, 2.05) is 13.0 Å². The molecule has 0 spiro atoms. The van der Waals surface area contributed by atoms with Crippen molar-refractivity contribution in [2.75, 3.05) is 12.1 Å². The van der Waals surface area contributed by atoms with E-state index in [4.69, 9.17) is 23.7 Å². The van der Waals surface area contributed by atoms with Gasteiger partial charge < -0.3 is 29.0 Å². The van der Waals surface area contributed by atoms with Crippen molar-refractivity contribution in [2.45, 2.75) is 58.3 Å². The number of nitrogens with one attached hydrogen (secondary N) is 2. The summed E-state index contributed by atoms with van der Waals surface area (Å²) in [5.41, 5.74) is 0.350. The van der Waals surface area contributed by atoms with Crippen molar-refractivity contribution in [3.8, 4) is 17.2 Å². The Hall–Kier alpha value is -4.47. The molecule has 0 radical (unpaired) electrons. The Labute approximate surface area is 234 Å². The lowest BCUT2D eigenvalue weighted by molar-refractivity contribution is -0.132. The van der Waals surface area contributed by atoms with E-state index in [1.165, 1.54) is 13.0 Å². The number of allylic oxidation sites excluding steroid dienone is 1. The van der Waals surface area contributed by atoms with Crippen LogP contribution in [0.1, 0.15) is 46.1 Å². The van der Waals surface area contributed by atoms with Crippen molar-refractivity contribution < 1.29 is 38.1 Å². The average molecular weight is 553 g/mol. The maximum absolute atomic E-state index is 13.0. The van der Waals surface area contributed by atoms with Crippen LogP contribution in [0.2, 0.25) is 0 Å². The molecule has 214 valence electrons. The highest BCUT2D eigenvalue weighted by atomic mass is 16.7. The van der Waals surface area contributed by atoms with Crippen molar-refractivity contribution in [2.24, 2.45) is 5.92 Å². The van der Waals surface area contributed by atoms with Crippen LogP contribution >= 0.6 is 0 Å². The van der Waals surface area contributed by atoms with Crippen LogP contribution in [0.25, 0.3) is 0 Å². The van der Waals surface area contributed by atoms with Gasteiger partial charge >= 0.3 is 18.2 Å². The van der Waals surface area contributed by atoms with Crippen LogP contribution in [0, 0.1) is 5.92 Å². The zero-order valence-electron chi connectivity index (χ0n) is 23.4. The molecule has 2 aromatic carbocycles. The molecule has 1 aliphatic rings. The normalized spacial score (nSPS) is 15.0. The molecule has 1 aliphatic heterocycles. The number of ether oxygens (including phenoxy) is 5. The monoisotopic (exact) mass is 552 g/mol. The summed E-state index contributed by atoms with van der Waals surface area (Å²) in [6.45, 7) is 16.1. The molecule has 0 saturated heterocycles. The van der Waals surface area contributed by atoms with Crippen LogP contribution in [0.3, 0.4) is 0 Å². The van der Waals surface area contributed by atoms with E-state index in [9.17, 15) is 14.4 Å². The molecule has 0 bridgehead atoms. The Morgan fingerprint density at radius 2 is 1.73 bits per heavy atom. The Bertz CT molecular complexity index is 1240. The fourth-order valence-corrected chi connectivity index (χ4v) is 4.29. The number of para-hydroxylation sites is 1. The summed E-state index contributed by atoms with van der Waals surface area (Å²) in [6, 6.07) is 11.3. The number of fused-ring (bicyclic) bond motifs is 1. The van der Waals surface area contributed by atoms with Crippen LogP contribution < -0.4 is 24.8 Å². The molecule has 40 heavy (non-hydrogen) atoms. The summed E-state index contributed by atoms with van der Waals surface area (Å²) in [5, 5.41) is 5.54. The van der Waals surface area contributed by atoms with Crippen molar-refractivity contribution in [1.82, 2.24) is 5.32 Å². The third-order valence-corrected chi connectivity index (χ3v) is 5.96. The number of anilines is 1. The summed E-state index contributed by atoms with van der Waals surface area (Å²) in [5.74, 6) is -0.609. The average Bonchev–Trinajstić information content (AvgIpc) is 3.35. The number of esters is 1. The maximum Gasteiger partial charge on any atom is 0.412 e. The molecule has 2 amide bonds. The molecule has 2 N–H and O–H groups in total. The number of carbonyl (C=O) groups is 3. The zero-order valence-corrected chi connectivity index (χ0v) is 23.4. The lowest BCUT2D eigenvalue weighted by Gasteiger charge is -2.36. The molecule has 2 aromatic rings. The smallest absolute Gasteiger partial charge is 0.412 e. The van der Waals surface area contributed by atoms with Gasteiger partial charge in [-0.15, -0.1) is 6.58 Å². The predicted octanol–water partition coefficient (Wildman–Crippen LogP) is 5.94. The van der Waals surface area contributed by atoms with Gasteiger partial charge in [-0.05, 0) is 62.6 Å². The topological polar surface area (TPSA) is 121 Å². The van der Waals surface area contributed by atoms with Crippen molar-refractivity contribution in [3.63, 3.8) is 0 Å². The first kappa shape index (κ1) is 30.1. The lowest BCUT2D eigenvalue weighted by Crippen LogP contribution is -2.51. The van der Waals surface area contributed by atoms with Gasteiger partial charge in [-0.1, -0.05) is 37.8 Å². The largest absolute Gasteiger partial charge is 0.453 e. The Balaban J connectivity index is 2.05. The highest BCUT2D eigenvalue weighted by molar-refractivity contribution is 5.84. The van der Waals surface area contributed by atoms with Crippen molar-refractivity contribution in [1.29, 1.82) is 0 Å².